The topological polar surface area (TPSA) is 38.8 Å². The molecule has 28 heavy (non-hydrogen) atoms. The zero-order chi connectivity index (χ0) is 19.9. The summed E-state index contributed by atoms with van der Waals surface area (Å²) in [6.45, 7) is 8.68. The molecule has 2 aromatic rings. The highest BCUT2D eigenvalue weighted by molar-refractivity contribution is 5.86. The molecule has 1 fully saturated rings. The molecule has 0 saturated carbocycles. The van der Waals surface area contributed by atoms with Gasteiger partial charge in [-0.1, -0.05) is 56.3 Å². The van der Waals surface area contributed by atoms with Gasteiger partial charge < -0.3 is 9.47 Å². The fourth-order valence-corrected chi connectivity index (χ4v) is 4.22. The van der Waals surface area contributed by atoms with Crippen molar-refractivity contribution in [3.8, 4) is 0 Å². The quantitative estimate of drug-likeness (QED) is 0.461. The average molecular weight is 384 g/mol. The number of carbonyl (C=O) groups excluding carboxylic acids is 1. The molecule has 0 aromatic heterocycles. The predicted molar refractivity (Wildman–Crippen MR) is 113 cm³/mol. The van der Waals surface area contributed by atoms with Crippen LogP contribution in [0.3, 0.4) is 0 Å². The van der Waals surface area contributed by atoms with E-state index in [1.807, 2.05) is 6.92 Å². The second-order valence-electron chi connectivity index (χ2n) is 7.67. The highest BCUT2D eigenvalue weighted by Crippen LogP contribution is 2.27. The highest BCUT2D eigenvalue weighted by atomic mass is 16.6. The molecule has 0 amide bonds. The number of hydrogen-bond donors (Lipinski definition) is 0. The Hall–Kier alpha value is -1.91. The van der Waals surface area contributed by atoms with Gasteiger partial charge in [0.1, 0.15) is 0 Å². The fraction of sp³-hybridized carbons (Fsp3) is 0.542. The first-order chi connectivity index (χ1) is 13.6. The van der Waals surface area contributed by atoms with E-state index < -0.39 is 0 Å². The van der Waals surface area contributed by atoms with Crippen LogP contribution in [0.1, 0.15) is 45.6 Å². The molecule has 4 heteroatoms. The number of benzene rings is 2. The van der Waals surface area contributed by atoms with Crippen molar-refractivity contribution in [3.63, 3.8) is 0 Å². The lowest BCUT2D eigenvalue weighted by molar-refractivity contribution is -0.163. The van der Waals surface area contributed by atoms with E-state index in [2.05, 4.69) is 61.2 Å². The van der Waals surface area contributed by atoms with E-state index in [4.69, 9.17) is 9.47 Å². The van der Waals surface area contributed by atoms with Gasteiger partial charge in [-0.3, -0.25) is 9.69 Å². The number of nitrogens with zero attached hydrogens (tertiary/aromatic N) is 1. The Morgan fingerprint density at radius 2 is 1.93 bits per heavy atom. The second-order valence-corrected chi connectivity index (χ2v) is 7.67. The van der Waals surface area contributed by atoms with Crippen LogP contribution in [0.15, 0.2) is 42.5 Å². The third-order valence-corrected chi connectivity index (χ3v) is 5.86. The molecule has 0 N–H and O–H groups in total. The van der Waals surface area contributed by atoms with Gasteiger partial charge in [0.05, 0.1) is 12.0 Å². The number of rotatable bonds is 9. The van der Waals surface area contributed by atoms with E-state index in [0.717, 1.165) is 39.0 Å². The van der Waals surface area contributed by atoms with Crippen LogP contribution in [0.2, 0.25) is 0 Å². The van der Waals surface area contributed by atoms with Gasteiger partial charge >= 0.3 is 5.97 Å². The minimum absolute atomic E-state index is 0.108. The van der Waals surface area contributed by atoms with Crippen LogP contribution in [0.25, 0.3) is 10.8 Å². The molecule has 1 heterocycles. The monoisotopic (exact) mass is 383 g/mol. The van der Waals surface area contributed by atoms with Crippen molar-refractivity contribution in [2.45, 2.75) is 58.8 Å². The molecule has 3 rings (SSSR count). The fourth-order valence-electron chi connectivity index (χ4n) is 4.22. The molecule has 3 atom stereocenters. The lowest BCUT2D eigenvalue weighted by Gasteiger charge is -2.28. The predicted octanol–water partition coefficient (Wildman–Crippen LogP) is 4.80. The molecule has 0 aliphatic carbocycles. The Bertz CT molecular complexity index is 760. The molecule has 0 bridgehead atoms. The molecule has 1 aliphatic rings. The first-order valence-corrected chi connectivity index (χ1v) is 10.6. The smallest absolute Gasteiger partial charge is 0.310 e. The summed E-state index contributed by atoms with van der Waals surface area (Å²) in [6.07, 6.45) is 3.48. The maximum absolute atomic E-state index is 13.1. The van der Waals surface area contributed by atoms with Gasteiger partial charge in [0.2, 0.25) is 0 Å². The van der Waals surface area contributed by atoms with Crippen molar-refractivity contribution in [2.24, 2.45) is 5.92 Å². The van der Waals surface area contributed by atoms with Crippen LogP contribution < -0.4 is 0 Å². The Morgan fingerprint density at radius 3 is 2.64 bits per heavy atom. The van der Waals surface area contributed by atoms with Crippen molar-refractivity contribution in [1.82, 2.24) is 4.90 Å². The van der Waals surface area contributed by atoms with Crippen molar-refractivity contribution in [1.29, 1.82) is 0 Å². The summed E-state index contributed by atoms with van der Waals surface area (Å²) < 4.78 is 11.7. The zero-order valence-corrected chi connectivity index (χ0v) is 17.4. The highest BCUT2D eigenvalue weighted by Gasteiger charge is 2.29. The minimum Gasteiger partial charge on any atom is -0.446 e. The molecule has 4 nitrogen and oxygen atoms in total. The van der Waals surface area contributed by atoms with E-state index >= 15 is 0 Å². The third kappa shape index (κ3) is 5.12. The number of hydrogen-bond acceptors (Lipinski definition) is 4. The zero-order valence-electron chi connectivity index (χ0n) is 17.4. The summed E-state index contributed by atoms with van der Waals surface area (Å²) in [4.78, 5) is 15.3. The molecule has 1 saturated heterocycles. The first kappa shape index (κ1) is 20.8. The molecule has 3 unspecified atom stereocenters. The Kier molecular flexibility index (Phi) is 7.46. The van der Waals surface area contributed by atoms with E-state index in [1.54, 1.807) is 0 Å². The lowest BCUT2D eigenvalue weighted by Crippen LogP contribution is -2.38. The largest absolute Gasteiger partial charge is 0.446 e. The van der Waals surface area contributed by atoms with Crippen molar-refractivity contribution >= 4 is 16.7 Å². The Labute approximate surface area is 168 Å². The minimum atomic E-state index is -0.206. The molecule has 0 spiro atoms. The lowest BCUT2D eigenvalue weighted by atomic mass is 9.90. The molecule has 2 aromatic carbocycles. The van der Waals surface area contributed by atoms with Crippen LogP contribution in [0, 0.1) is 5.92 Å². The Morgan fingerprint density at radius 1 is 1.18 bits per heavy atom. The number of carbonyl (C=O) groups is 1. The van der Waals surface area contributed by atoms with Gasteiger partial charge in [0, 0.05) is 6.61 Å². The number of esters is 1. The summed E-state index contributed by atoms with van der Waals surface area (Å²) >= 11 is 0. The Balaban J connectivity index is 1.78. The summed E-state index contributed by atoms with van der Waals surface area (Å²) in [5, 5.41) is 2.42. The summed E-state index contributed by atoms with van der Waals surface area (Å²) in [7, 11) is 0. The van der Waals surface area contributed by atoms with Gasteiger partial charge in [-0.2, -0.15) is 0 Å². The van der Waals surface area contributed by atoms with Crippen LogP contribution in [-0.2, 0) is 20.7 Å². The molecule has 1 aliphatic heterocycles. The summed E-state index contributed by atoms with van der Waals surface area (Å²) in [5.41, 5.74) is 1.20. The first-order valence-electron chi connectivity index (χ1n) is 10.6. The number of ether oxygens (including phenoxy) is 2. The molecule has 152 valence electrons. The van der Waals surface area contributed by atoms with Gasteiger partial charge in [0.25, 0.3) is 0 Å². The van der Waals surface area contributed by atoms with Gasteiger partial charge in [-0.25, -0.2) is 0 Å². The van der Waals surface area contributed by atoms with Crippen LogP contribution in [0.4, 0.5) is 0 Å². The molecule has 0 radical (unpaired) electrons. The number of fused-ring (bicyclic) bond motifs is 1. The second kappa shape index (κ2) is 10.0. The third-order valence-electron chi connectivity index (χ3n) is 5.86. The summed E-state index contributed by atoms with van der Waals surface area (Å²) in [5.74, 6) is -0.297. The van der Waals surface area contributed by atoms with Crippen LogP contribution in [-0.4, -0.2) is 42.9 Å². The van der Waals surface area contributed by atoms with Crippen LogP contribution >= 0.6 is 0 Å². The van der Waals surface area contributed by atoms with Crippen LogP contribution in [0.5, 0.6) is 0 Å². The van der Waals surface area contributed by atoms with Crippen molar-refractivity contribution in [2.75, 3.05) is 19.7 Å². The summed E-state index contributed by atoms with van der Waals surface area (Å²) in [6, 6.07) is 14.7. The van der Waals surface area contributed by atoms with E-state index in [0.29, 0.717) is 6.42 Å². The van der Waals surface area contributed by atoms with E-state index in [9.17, 15) is 4.79 Å². The standard InChI is InChI=1S/C24H33NO3/c1-4-25(5-2)18(3)28-24(26)21(17-22-13-9-15-27-22)16-20-12-8-11-19-10-6-7-14-23(19)20/h6-8,10-12,14,18,21-22H,4-5,9,13,15-17H2,1-3H3. The maximum atomic E-state index is 13.1. The van der Waals surface area contributed by atoms with Gasteiger partial charge in [-0.05, 0) is 62.0 Å². The van der Waals surface area contributed by atoms with Crippen molar-refractivity contribution in [3.05, 3.63) is 48.0 Å². The van der Waals surface area contributed by atoms with Gasteiger partial charge in [-0.15, -0.1) is 0 Å². The SMILES string of the molecule is CCN(CC)C(C)OC(=O)C(Cc1cccc2ccccc12)CC1CCCO1. The normalized spacial score (nSPS) is 19.1. The van der Waals surface area contributed by atoms with E-state index in [1.165, 1.54) is 16.3 Å². The van der Waals surface area contributed by atoms with E-state index in [-0.39, 0.29) is 24.2 Å². The van der Waals surface area contributed by atoms with Crippen molar-refractivity contribution < 1.29 is 14.3 Å². The molecular formula is C24H33NO3. The van der Waals surface area contributed by atoms with Gasteiger partial charge in [0.15, 0.2) is 6.23 Å². The maximum Gasteiger partial charge on any atom is 0.310 e. The average Bonchev–Trinajstić information content (AvgIpc) is 3.22. The molecular weight excluding hydrogens is 350 g/mol.